The molecule has 2 aromatic rings. The molecule has 0 aliphatic carbocycles. The van der Waals surface area contributed by atoms with Crippen molar-refractivity contribution in [3.05, 3.63) is 18.2 Å². The predicted molar refractivity (Wildman–Crippen MR) is 79.9 cm³/mol. The van der Waals surface area contributed by atoms with E-state index in [4.69, 9.17) is 0 Å². The summed E-state index contributed by atoms with van der Waals surface area (Å²) in [6.45, 7) is 5.92. The molecule has 5 heteroatoms. The van der Waals surface area contributed by atoms with Crippen LogP contribution in [-0.4, -0.2) is 53.5 Å². The van der Waals surface area contributed by atoms with Gasteiger partial charge < -0.3 is 0 Å². The molecule has 0 bridgehead atoms. The van der Waals surface area contributed by atoms with Gasteiger partial charge >= 0.3 is 120 Å². The minimum absolute atomic E-state index is 0.0601. The second-order valence-corrected chi connectivity index (χ2v) is 6.31. The van der Waals surface area contributed by atoms with E-state index in [0.29, 0.717) is 6.04 Å². The van der Waals surface area contributed by atoms with E-state index in [1.807, 2.05) is 0 Å². The first-order valence-corrected chi connectivity index (χ1v) is 8.60. The number of aromatic nitrogens is 2. The number of nitrogens with one attached hydrogen (secondary N) is 1. The van der Waals surface area contributed by atoms with Crippen LogP contribution in [0.1, 0.15) is 26.2 Å². The summed E-state index contributed by atoms with van der Waals surface area (Å²) in [5.41, 5.74) is 3.32. The number of hydrogen-bond acceptors (Lipinski definition) is 4. The molecule has 1 N–H and O–H groups in total. The van der Waals surface area contributed by atoms with Gasteiger partial charge in [-0.25, -0.2) is 0 Å². The van der Waals surface area contributed by atoms with Crippen LogP contribution in [0.15, 0.2) is 18.2 Å². The van der Waals surface area contributed by atoms with Gasteiger partial charge in [0.15, 0.2) is 0 Å². The molecule has 0 unspecified atom stereocenters. The Morgan fingerprint density at radius 3 is 2.95 bits per heavy atom. The Morgan fingerprint density at radius 2 is 2.16 bits per heavy atom. The summed E-state index contributed by atoms with van der Waals surface area (Å²) in [6, 6.07) is 6.86. The van der Waals surface area contributed by atoms with Gasteiger partial charge in [-0.1, -0.05) is 0 Å². The maximum absolute atomic E-state index is 4.53. The first-order chi connectivity index (χ1) is 9.36. The number of anilines is 1. The summed E-state index contributed by atoms with van der Waals surface area (Å²) in [5, 5.41) is 3.67. The van der Waals surface area contributed by atoms with Crippen LogP contribution in [0.3, 0.4) is 0 Å². The number of piperidine rings is 1. The molecule has 0 amide bonds. The van der Waals surface area contributed by atoms with E-state index in [9.17, 15) is 0 Å². The van der Waals surface area contributed by atoms with Crippen molar-refractivity contribution in [2.45, 2.75) is 32.2 Å². The van der Waals surface area contributed by atoms with Crippen LogP contribution in [0.2, 0.25) is 0 Å². The molecule has 0 spiro atoms. The molecule has 1 aliphatic heterocycles. The molecular formula is C14H20N4Se. The number of nitrogens with zero attached hydrogens (tertiary/aromatic N) is 3. The number of benzene rings is 1. The molecule has 1 saturated heterocycles. The van der Waals surface area contributed by atoms with Crippen molar-refractivity contribution in [3.8, 4) is 0 Å². The normalized spacial score (nSPS) is 17.9. The van der Waals surface area contributed by atoms with Crippen LogP contribution in [0.5, 0.6) is 0 Å². The van der Waals surface area contributed by atoms with Crippen LogP contribution in [-0.2, 0) is 0 Å². The quantitative estimate of drug-likeness (QED) is 0.874. The fourth-order valence-corrected chi connectivity index (χ4v) is 3.91. The van der Waals surface area contributed by atoms with Gasteiger partial charge in [0.05, 0.1) is 0 Å². The molecule has 1 aliphatic rings. The van der Waals surface area contributed by atoms with Gasteiger partial charge in [0.2, 0.25) is 0 Å². The summed E-state index contributed by atoms with van der Waals surface area (Å²) in [7, 11) is 0. The molecule has 1 fully saturated rings. The summed E-state index contributed by atoms with van der Waals surface area (Å²) < 4.78 is 8.97. The second kappa shape index (κ2) is 6.04. The van der Waals surface area contributed by atoms with Crippen molar-refractivity contribution in [3.63, 3.8) is 0 Å². The zero-order valence-electron chi connectivity index (χ0n) is 11.3. The monoisotopic (exact) mass is 324 g/mol. The summed E-state index contributed by atoms with van der Waals surface area (Å²) in [6.07, 6.45) is 3.71. The Hall–Kier alpha value is -0.901. The fraction of sp³-hybridized carbons (Fsp3) is 0.571. The molecule has 4 nitrogen and oxygen atoms in total. The Labute approximate surface area is 120 Å². The average molecular weight is 323 g/mol. The predicted octanol–water partition coefficient (Wildman–Crippen LogP) is 1.97. The molecule has 3 rings (SSSR count). The van der Waals surface area contributed by atoms with Crippen LogP contribution in [0.25, 0.3) is 11.0 Å². The van der Waals surface area contributed by atoms with E-state index in [0.717, 1.165) is 11.0 Å². The van der Waals surface area contributed by atoms with Gasteiger partial charge in [-0.05, 0) is 0 Å². The van der Waals surface area contributed by atoms with Crippen LogP contribution < -0.4 is 5.32 Å². The van der Waals surface area contributed by atoms with E-state index in [1.165, 1.54) is 44.6 Å². The van der Waals surface area contributed by atoms with Gasteiger partial charge in [-0.15, -0.1) is 0 Å². The van der Waals surface area contributed by atoms with E-state index in [1.54, 1.807) is 0 Å². The fourth-order valence-electron chi connectivity index (χ4n) is 2.76. The van der Waals surface area contributed by atoms with Crippen molar-refractivity contribution < 1.29 is 0 Å². The molecule has 0 radical (unpaired) electrons. The standard InChI is InChI=1S/C14H20N4Se/c1-2-8-18-9-6-11(7-10-18)15-12-4-3-5-13-14(12)17-19-16-13/h3-5,11,15H,2,6-10H2,1H3. The average Bonchev–Trinajstić information content (AvgIpc) is 2.91. The number of hydrogen-bond donors (Lipinski definition) is 1. The van der Waals surface area contributed by atoms with Gasteiger partial charge in [-0.2, -0.15) is 0 Å². The van der Waals surface area contributed by atoms with Crippen molar-refractivity contribution in [1.82, 2.24) is 12.9 Å². The Morgan fingerprint density at radius 1 is 1.32 bits per heavy atom. The van der Waals surface area contributed by atoms with Crippen LogP contribution in [0.4, 0.5) is 5.69 Å². The van der Waals surface area contributed by atoms with Crippen molar-refractivity contribution in [1.29, 1.82) is 0 Å². The van der Waals surface area contributed by atoms with Gasteiger partial charge in [0, 0.05) is 0 Å². The Balaban J connectivity index is 1.65. The van der Waals surface area contributed by atoms with Crippen molar-refractivity contribution in [2.24, 2.45) is 0 Å². The number of fused-ring (bicyclic) bond motifs is 1. The summed E-state index contributed by atoms with van der Waals surface area (Å²) >= 11 is 0.0601. The Bertz CT molecular complexity index is 531. The van der Waals surface area contributed by atoms with Crippen molar-refractivity contribution in [2.75, 3.05) is 25.0 Å². The molecular weight excluding hydrogens is 303 g/mol. The van der Waals surface area contributed by atoms with E-state index >= 15 is 0 Å². The maximum atomic E-state index is 4.53. The summed E-state index contributed by atoms with van der Waals surface area (Å²) in [5.74, 6) is 0. The zero-order valence-corrected chi connectivity index (χ0v) is 13.0. The minimum atomic E-state index is 0.0601. The second-order valence-electron chi connectivity index (χ2n) is 5.20. The van der Waals surface area contributed by atoms with Gasteiger partial charge in [0.25, 0.3) is 0 Å². The SMILES string of the molecule is CCCN1CCC(Nc2cccc3n[se]nc23)CC1. The first kappa shape index (κ1) is 13.1. The molecule has 19 heavy (non-hydrogen) atoms. The first-order valence-electron chi connectivity index (χ1n) is 7.07. The van der Waals surface area contributed by atoms with E-state index in [-0.39, 0.29) is 15.0 Å². The molecule has 102 valence electrons. The third kappa shape index (κ3) is 2.99. The summed E-state index contributed by atoms with van der Waals surface area (Å²) in [4.78, 5) is 2.57. The van der Waals surface area contributed by atoms with E-state index in [2.05, 4.69) is 43.3 Å². The van der Waals surface area contributed by atoms with Crippen LogP contribution in [0, 0.1) is 0 Å². The Kier molecular flexibility index (Phi) is 4.16. The third-order valence-electron chi connectivity index (χ3n) is 3.77. The molecule has 0 atom stereocenters. The molecule has 0 saturated carbocycles. The number of rotatable bonds is 4. The third-order valence-corrected chi connectivity index (χ3v) is 4.91. The topological polar surface area (TPSA) is 41.0 Å². The van der Waals surface area contributed by atoms with Gasteiger partial charge in [0.1, 0.15) is 0 Å². The van der Waals surface area contributed by atoms with Crippen LogP contribution >= 0.6 is 0 Å². The van der Waals surface area contributed by atoms with Crippen molar-refractivity contribution >= 4 is 31.7 Å². The molecule has 2 heterocycles. The zero-order chi connectivity index (χ0) is 13.1. The van der Waals surface area contributed by atoms with E-state index < -0.39 is 0 Å². The number of likely N-dealkylation sites (tertiary alicyclic amines) is 1. The van der Waals surface area contributed by atoms with Gasteiger partial charge in [-0.3, -0.25) is 0 Å². The molecule has 1 aromatic carbocycles. The molecule has 1 aromatic heterocycles.